The minimum absolute atomic E-state index is 0.0641. The summed E-state index contributed by atoms with van der Waals surface area (Å²) in [6, 6.07) is 4.66. The quantitative estimate of drug-likeness (QED) is 0.692. The molecule has 25 heavy (non-hydrogen) atoms. The van der Waals surface area contributed by atoms with Gasteiger partial charge in [-0.15, -0.1) is 0 Å². The molecule has 0 aliphatic carbocycles. The van der Waals surface area contributed by atoms with E-state index in [0.717, 1.165) is 12.1 Å². The molecule has 0 fully saturated rings. The number of carbonyl (C=O) groups is 2. The molecular weight excluding hydrogens is 351 g/mol. The summed E-state index contributed by atoms with van der Waals surface area (Å²) in [6.45, 7) is 6.15. The van der Waals surface area contributed by atoms with E-state index in [0.29, 0.717) is 0 Å². The maximum absolute atomic E-state index is 13.5. The summed E-state index contributed by atoms with van der Waals surface area (Å²) in [6.07, 6.45) is 0. The Kier molecular flexibility index (Phi) is 7.50. The Morgan fingerprint density at radius 2 is 1.72 bits per heavy atom. The molecule has 0 bridgehead atoms. The maximum Gasteiger partial charge on any atom is 0.321 e. The smallest absolute Gasteiger partial charge is 0.321 e. The van der Waals surface area contributed by atoms with E-state index in [1.54, 1.807) is 4.90 Å². The van der Waals surface area contributed by atoms with Gasteiger partial charge < -0.3 is 9.64 Å². The number of carbonyl (C=O) groups excluding carboxylic acids is 2. The van der Waals surface area contributed by atoms with E-state index in [4.69, 9.17) is 4.74 Å². The second kappa shape index (κ2) is 8.91. The van der Waals surface area contributed by atoms with E-state index in [-0.39, 0.29) is 18.0 Å². The summed E-state index contributed by atoms with van der Waals surface area (Å²) in [4.78, 5) is 24.7. The molecule has 0 aliphatic heterocycles. The molecule has 0 heterocycles. The molecule has 0 radical (unpaired) electrons. The molecule has 0 atom stereocenters. The first-order chi connectivity index (χ1) is 11.6. The monoisotopic (exact) mass is 374 g/mol. The van der Waals surface area contributed by atoms with Crippen LogP contribution in [0.15, 0.2) is 29.2 Å². The van der Waals surface area contributed by atoms with Gasteiger partial charge >= 0.3 is 5.97 Å². The van der Waals surface area contributed by atoms with Crippen molar-refractivity contribution in [2.24, 2.45) is 0 Å². The lowest BCUT2D eigenvalue weighted by Crippen LogP contribution is -2.44. The van der Waals surface area contributed by atoms with E-state index in [9.17, 15) is 22.4 Å². The molecule has 1 rings (SSSR count). The molecule has 1 aromatic carbocycles. The van der Waals surface area contributed by atoms with E-state index < -0.39 is 39.9 Å². The molecule has 1 amide bonds. The summed E-state index contributed by atoms with van der Waals surface area (Å²) in [5, 5.41) is 0. The van der Waals surface area contributed by atoms with Crippen molar-refractivity contribution in [3.8, 4) is 0 Å². The number of nitrogens with zero attached hydrogens (tertiary/aromatic N) is 1. The average Bonchev–Trinajstić information content (AvgIpc) is 2.50. The van der Waals surface area contributed by atoms with Crippen molar-refractivity contribution in [3.63, 3.8) is 0 Å². The number of ether oxygens (including phenoxy) is 1. The predicted octanol–water partition coefficient (Wildman–Crippen LogP) is 1.29. The third-order valence-corrected chi connectivity index (χ3v) is 4.72. The highest BCUT2D eigenvalue weighted by atomic mass is 32.2. The predicted molar refractivity (Wildman–Crippen MR) is 89.7 cm³/mol. The second-order valence-corrected chi connectivity index (χ2v) is 7.64. The van der Waals surface area contributed by atoms with Gasteiger partial charge in [-0.2, -0.15) is 4.72 Å². The van der Waals surface area contributed by atoms with E-state index in [2.05, 4.69) is 0 Å². The van der Waals surface area contributed by atoms with Gasteiger partial charge in [0.25, 0.3) is 5.91 Å². The van der Waals surface area contributed by atoms with E-state index >= 15 is 0 Å². The number of rotatable bonds is 8. The minimum Gasteiger partial charge on any atom is -0.455 e. The Hall–Kier alpha value is -2.00. The normalized spacial score (nSPS) is 11.6. The zero-order valence-corrected chi connectivity index (χ0v) is 15.5. The van der Waals surface area contributed by atoms with Gasteiger partial charge in [-0.3, -0.25) is 9.59 Å². The fourth-order valence-electron chi connectivity index (χ4n) is 2.33. The highest BCUT2D eigenvalue weighted by molar-refractivity contribution is 7.89. The van der Waals surface area contributed by atoms with Crippen LogP contribution in [0.25, 0.3) is 0 Å². The van der Waals surface area contributed by atoms with Gasteiger partial charge in [0.15, 0.2) is 6.61 Å². The van der Waals surface area contributed by atoms with E-state index in [1.165, 1.54) is 12.1 Å². The van der Waals surface area contributed by atoms with Crippen LogP contribution >= 0.6 is 0 Å². The maximum atomic E-state index is 13.5. The van der Waals surface area contributed by atoms with Gasteiger partial charge in [-0.05, 0) is 39.8 Å². The molecule has 0 unspecified atom stereocenters. The molecule has 0 spiro atoms. The van der Waals surface area contributed by atoms with Crippen LogP contribution in [0.3, 0.4) is 0 Å². The number of amides is 1. The lowest BCUT2D eigenvalue weighted by atomic mass is 10.2. The van der Waals surface area contributed by atoms with Crippen LogP contribution in [0, 0.1) is 5.82 Å². The minimum atomic E-state index is -4.19. The molecule has 0 saturated heterocycles. The molecule has 9 heteroatoms. The van der Waals surface area contributed by atoms with Crippen molar-refractivity contribution in [3.05, 3.63) is 30.1 Å². The molecule has 1 aromatic rings. The summed E-state index contributed by atoms with van der Waals surface area (Å²) < 4.78 is 44.2. The summed E-state index contributed by atoms with van der Waals surface area (Å²) in [5.41, 5.74) is 0. The molecule has 0 saturated carbocycles. The van der Waals surface area contributed by atoms with Gasteiger partial charge in [0, 0.05) is 12.1 Å². The van der Waals surface area contributed by atoms with Crippen LogP contribution in [0.4, 0.5) is 4.39 Å². The number of nitrogens with one attached hydrogen (secondary N) is 1. The standard InChI is InChI=1S/C16H23FN2O5S/c1-11(2)19(12(3)4)15(20)10-24-16(21)9-18-25(22,23)14-8-6-5-7-13(14)17/h5-8,11-12,18H,9-10H2,1-4H3. The van der Waals surface area contributed by atoms with Crippen LogP contribution in [0.1, 0.15) is 27.7 Å². The van der Waals surface area contributed by atoms with Crippen LogP contribution in [-0.2, 0) is 24.3 Å². The zero-order chi connectivity index (χ0) is 19.2. The Labute approximate surface area is 147 Å². The Morgan fingerprint density at radius 3 is 2.24 bits per heavy atom. The van der Waals surface area contributed by atoms with Gasteiger partial charge in [0.2, 0.25) is 10.0 Å². The highest BCUT2D eigenvalue weighted by Gasteiger charge is 2.23. The second-order valence-electron chi connectivity index (χ2n) is 5.90. The number of hydrogen-bond acceptors (Lipinski definition) is 5. The fraction of sp³-hybridized carbons (Fsp3) is 0.500. The number of sulfonamides is 1. The van der Waals surface area contributed by atoms with Crippen LogP contribution < -0.4 is 4.72 Å². The van der Waals surface area contributed by atoms with Crippen LogP contribution in [-0.4, -0.2) is 50.4 Å². The molecule has 0 aromatic heterocycles. The third-order valence-electron chi connectivity index (χ3n) is 3.29. The first kappa shape index (κ1) is 21.0. The van der Waals surface area contributed by atoms with Crippen LogP contribution in [0.5, 0.6) is 0 Å². The molecular formula is C16H23FN2O5S. The zero-order valence-electron chi connectivity index (χ0n) is 14.7. The summed E-state index contributed by atoms with van der Waals surface area (Å²) in [5.74, 6) is -2.24. The van der Waals surface area contributed by atoms with Crippen LogP contribution in [0.2, 0.25) is 0 Å². The first-order valence-corrected chi connectivity index (χ1v) is 9.25. The van der Waals surface area contributed by atoms with E-state index in [1.807, 2.05) is 32.4 Å². The van der Waals surface area contributed by atoms with Crippen molar-refractivity contribution in [2.75, 3.05) is 13.2 Å². The molecule has 140 valence electrons. The lowest BCUT2D eigenvalue weighted by Gasteiger charge is -2.30. The van der Waals surface area contributed by atoms with Gasteiger partial charge in [0.05, 0.1) is 0 Å². The average molecular weight is 374 g/mol. The molecule has 0 aliphatic rings. The lowest BCUT2D eigenvalue weighted by molar-refractivity contribution is -0.152. The summed E-state index contributed by atoms with van der Waals surface area (Å²) in [7, 11) is -4.19. The number of halogens is 1. The van der Waals surface area contributed by atoms with Gasteiger partial charge in [-0.1, -0.05) is 12.1 Å². The number of esters is 1. The summed E-state index contributed by atoms with van der Waals surface area (Å²) >= 11 is 0. The van der Waals surface area contributed by atoms with Gasteiger partial charge in [-0.25, -0.2) is 12.8 Å². The van der Waals surface area contributed by atoms with Crippen molar-refractivity contribution >= 4 is 21.9 Å². The molecule has 7 nitrogen and oxygen atoms in total. The van der Waals surface area contributed by atoms with Crippen molar-refractivity contribution in [2.45, 2.75) is 44.7 Å². The van der Waals surface area contributed by atoms with Crippen molar-refractivity contribution < 1.29 is 27.1 Å². The third kappa shape index (κ3) is 6.09. The van der Waals surface area contributed by atoms with Crippen molar-refractivity contribution in [1.82, 2.24) is 9.62 Å². The SMILES string of the molecule is CC(C)N(C(=O)COC(=O)CNS(=O)(=O)c1ccccc1F)C(C)C. The number of benzene rings is 1. The van der Waals surface area contributed by atoms with Gasteiger partial charge in [0.1, 0.15) is 17.3 Å². The highest BCUT2D eigenvalue weighted by Crippen LogP contribution is 2.12. The fourth-order valence-corrected chi connectivity index (χ4v) is 3.38. The first-order valence-electron chi connectivity index (χ1n) is 7.77. The Bertz CT molecular complexity index is 711. The molecule has 1 N–H and O–H groups in total. The van der Waals surface area contributed by atoms with Crippen molar-refractivity contribution in [1.29, 1.82) is 0 Å². The largest absolute Gasteiger partial charge is 0.455 e. The Morgan fingerprint density at radius 1 is 1.16 bits per heavy atom. The number of hydrogen-bond donors (Lipinski definition) is 1. The topological polar surface area (TPSA) is 92.8 Å². The Balaban J connectivity index is 2.58.